The predicted molar refractivity (Wildman–Crippen MR) is 77.7 cm³/mol. The molecule has 1 fully saturated rings. The normalized spacial score (nSPS) is 19.5. The van der Waals surface area contributed by atoms with Crippen LogP contribution < -0.4 is 0 Å². The summed E-state index contributed by atoms with van der Waals surface area (Å²) in [5.41, 5.74) is 9.53. The average molecular weight is 270 g/mol. The molecule has 0 N–H and O–H groups in total. The molecule has 5 nitrogen and oxygen atoms in total. The quantitative estimate of drug-likeness (QED) is 0.339. The monoisotopic (exact) mass is 270 g/mol. The Morgan fingerprint density at radius 2 is 2.25 bits per heavy atom. The van der Waals surface area contributed by atoms with Crippen molar-refractivity contribution in [1.82, 2.24) is 4.90 Å². The van der Waals surface area contributed by atoms with E-state index in [1.54, 1.807) is 6.08 Å². The molecule has 2 atom stereocenters. The Morgan fingerprint density at radius 3 is 2.90 bits per heavy atom. The highest BCUT2D eigenvalue weighted by Gasteiger charge is 2.35. The van der Waals surface area contributed by atoms with Gasteiger partial charge in [-0.05, 0) is 23.4 Å². The van der Waals surface area contributed by atoms with Gasteiger partial charge in [0.15, 0.2) is 0 Å². The third-order valence-corrected chi connectivity index (χ3v) is 3.73. The van der Waals surface area contributed by atoms with E-state index in [9.17, 15) is 4.79 Å². The van der Waals surface area contributed by atoms with E-state index in [1.165, 1.54) is 0 Å². The van der Waals surface area contributed by atoms with Crippen molar-refractivity contribution in [3.63, 3.8) is 0 Å². The molecule has 0 unspecified atom stereocenters. The van der Waals surface area contributed by atoms with Crippen molar-refractivity contribution < 1.29 is 4.79 Å². The van der Waals surface area contributed by atoms with Crippen LogP contribution in [0.25, 0.3) is 10.4 Å². The van der Waals surface area contributed by atoms with Crippen molar-refractivity contribution in [1.29, 1.82) is 0 Å². The van der Waals surface area contributed by atoms with Gasteiger partial charge in [0, 0.05) is 30.5 Å². The van der Waals surface area contributed by atoms with Crippen LogP contribution in [-0.2, 0) is 11.3 Å². The molecule has 20 heavy (non-hydrogen) atoms. The number of carbonyl (C=O) groups is 1. The number of azide groups is 1. The summed E-state index contributed by atoms with van der Waals surface area (Å²) in [5, 5.41) is 3.57. The second-order valence-corrected chi connectivity index (χ2v) is 4.95. The maximum Gasteiger partial charge on any atom is 0.226 e. The van der Waals surface area contributed by atoms with E-state index in [1.807, 2.05) is 35.2 Å². The Balaban J connectivity index is 2.01. The Hall–Kier alpha value is -2.26. The molecule has 1 aliphatic heterocycles. The number of hydrogen-bond acceptors (Lipinski definition) is 2. The van der Waals surface area contributed by atoms with E-state index >= 15 is 0 Å². The van der Waals surface area contributed by atoms with Crippen LogP contribution in [0.3, 0.4) is 0 Å². The first-order valence-corrected chi connectivity index (χ1v) is 6.72. The smallest absolute Gasteiger partial charge is 0.226 e. The van der Waals surface area contributed by atoms with Gasteiger partial charge in [-0.1, -0.05) is 41.5 Å². The summed E-state index contributed by atoms with van der Waals surface area (Å²) < 4.78 is 0. The van der Waals surface area contributed by atoms with Gasteiger partial charge >= 0.3 is 0 Å². The van der Waals surface area contributed by atoms with E-state index < -0.39 is 0 Å². The SMILES string of the molecule is C=C[C@H](CN=[N+]=[N-])[C@H]1CCN(Cc2ccccc2)C1=O. The molecular weight excluding hydrogens is 252 g/mol. The van der Waals surface area contributed by atoms with Gasteiger partial charge in [0.2, 0.25) is 5.91 Å². The Bertz CT molecular complexity index is 522. The molecule has 0 saturated carbocycles. The number of rotatable bonds is 6. The van der Waals surface area contributed by atoms with Crippen molar-refractivity contribution in [2.24, 2.45) is 17.0 Å². The molecule has 1 saturated heterocycles. The number of nitrogens with zero attached hydrogens (tertiary/aromatic N) is 4. The van der Waals surface area contributed by atoms with Gasteiger partial charge in [-0.25, -0.2) is 0 Å². The number of likely N-dealkylation sites (tertiary alicyclic amines) is 1. The molecule has 0 aromatic heterocycles. The summed E-state index contributed by atoms with van der Waals surface area (Å²) in [6, 6.07) is 9.95. The zero-order chi connectivity index (χ0) is 14.4. The maximum atomic E-state index is 12.4. The van der Waals surface area contributed by atoms with Gasteiger partial charge in [-0.3, -0.25) is 4.79 Å². The molecule has 1 heterocycles. The molecule has 0 aliphatic carbocycles. The zero-order valence-electron chi connectivity index (χ0n) is 11.4. The van der Waals surface area contributed by atoms with Crippen LogP contribution in [-0.4, -0.2) is 23.9 Å². The highest BCUT2D eigenvalue weighted by atomic mass is 16.2. The van der Waals surface area contributed by atoms with Crippen molar-refractivity contribution in [3.05, 3.63) is 59.0 Å². The molecule has 104 valence electrons. The maximum absolute atomic E-state index is 12.4. The summed E-state index contributed by atoms with van der Waals surface area (Å²) in [6.07, 6.45) is 2.52. The van der Waals surface area contributed by atoms with E-state index in [4.69, 9.17) is 5.53 Å². The van der Waals surface area contributed by atoms with Crippen LogP contribution in [0.2, 0.25) is 0 Å². The van der Waals surface area contributed by atoms with Crippen LogP contribution in [0.4, 0.5) is 0 Å². The zero-order valence-corrected chi connectivity index (χ0v) is 11.4. The van der Waals surface area contributed by atoms with Crippen LogP contribution in [0.1, 0.15) is 12.0 Å². The highest BCUT2D eigenvalue weighted by Crippen LogP contribution is 2.28. The topological polar surface area (TPSA) is 69.1 Å². The van der Waals surface area contributed by atoms with Gasteiger partial charge in [0.1, 0.15) is 0 Å². The number of hydrogen-bond donors (Lipinski definition) is 0. The lowest BCUT2D eigenvalue weighted by molar-refractivity contribution is -0.132. The van der Waals surface area contributed by atoms with Crippen molar-refractivity contribution in [3.8, 4) is 0 Å². The molecule has 5 heteroatoms. The molecular formula is C15H18N4O. The van der Waals surface area contributed by atoms with Crippen molar-refractivity contribution in [2.75, 3.05) is 13.1 Å². The van der Waals surface area contributed by atoms with Gasteiger partial charge in [-0.15, -0.1) is 6.58 Å². The lowest BCUT2D eigenvalue weighted by Gasteiger charge is -2.19. The van der Waals surface area contributed by atoms with Crippen molar-refractivity contribution >= 4 is 5.91 Å². The second-order valence-electron chi connectivity index (χ2n) is 4.95. The lowest BCUT2D eigenvalue weighted by atomic mass is 9.91. The Kier molecular flexibility index (Phi) is 4.80. The molecule has 1 aromatic carbocycles. The third kappa shape index (κ3) is 3.19. The standard InChI is InChI=1S/C15H18N4O/c1-2-13(10-17-18-16)14-8-9-19(15(14)20)11-12-6-4-3-5-7-12/h2-7,13-14H,1,8-11H2/t13-,14-/m1/s1. The number of benzene rings is 1. The van der Waals surface area contributed by atoms with Crippen LogP contribution >= 0.6 is 0 Å². The predicted octanol–water partition coefficient (Wildman–Crippen LogP) is 3.15. The summed E-state index contributed by atoms with van der Waals surface area (Å²) in [6.45, 7) is 5.44. The van der Waals surface area contributed by atoms with E-state index in [0.29, 0.717) is 13.1 Å². The molecule has 0 radical (unpaired) electrons. The third-order valence-electron chi connectivity index (χ3n) is 3.73. The minimum absolute atomic E-state index is 0.0702. The fourth-order valence-corrected chi connectivity index (χ4v) is 2.62. The molecule has 1 aromatic rings. The average Bonchev–Trinajstić information content (AvgIpc) is 2.83. The van der Waals surface area contributed by atoms with Crippen LogP contribution in [0.5, 0.6) is 0 Å². The molecule has 1 aliphatic rings. The van der Waals surface area contributed by atoms with Crippen LogP contribution in [0.15, 0.2) is 48.1 Å². The Morgan fingerprint density at radius 1 is 1.50 bits per heavy atom. The Labute approximate surface area is 118 Å². The molecule has 1 amide bonds. The van der Waals surface area contributed by atoms with E-state index in [-0.39, 0.29) is 17.7 Å². The van der Waals surface area contributed by atoms with Gasteiger partial charge < -0.3 is 4.90 Å². The van der Waals surface area contributed by atoms with Gasteiger partial charge in [0.05, 0.1) is 0 Å². The molecule has 2 rings (SSSR count). The van der Waals surface area contributed by atoms with Crippen molar-refractivity contribution in [2.45, 2.75) is 13.0 Å². The molecule has 0 bridgehead atoms. The number of amides is 1. The van der Waals surface area contributed by atoms with Gasteiger partial charge in [-0.2, -0.15) is 0 Å². The summed E-state index contributed by atoms with van der Waals surface area (Å²) in [4.78, 5) is 17.0. The summed E-state index contributed by atoms with van der Waals surface area (Å²) in [7, 11) is 0. The minimum Gasteiger partial charge on any atom is -0.338 e. The first-order valence-electron chi connectivity index (χ1n) is 6.72. The van der Waals surface area contributed by atoms with Gasteiger partial charge in [0.25, 0.3) is 0 Å². The van der Waals surface area contributed by atoms with E-state index in [2.05, 4.69) is 16.6 Å². The largest absolute Gasteiger partial charge is 0.338 e. The summed E-state index contributed by atoms with van der Waals surface area (Å²) in [5.74, 6) is -0.0484. The first kappa shape index (κ1) is 14.2. The fourth-order valence-electron chi connectivity index (χ4n) is 2.62. The fraction of sp³-hybridized carbons (Fsp3) is 0.400. The molecule has 0 spiro atoms. The van der Waals surface area contributed by atoms with Crippen LogP contribution in [0, 0.1) is 11.8 Å². The van der Waals surface area contributed by atoms with E-state index in [0.717, 1.165) is 18.5 Å². The summed E-state index contributed by atoms with van der Waals surface area (Å²) >= 11 is 0. The highest BCUT2D eigenvalue weighted by molar-refractivity contribution is 5.81. The minimum atomic E-state index is -0.110. The second kappa shape index (κ2) is 6.78. The number of carbonyl (C=O) groups excluding carboxylic acids is 1. The first-order chi connectivity index (χ1) is 9.76. The lowest BCUT2D eigenvalue weighted by Crippen LogP contribution is -2.30.